The van der Waals surface area contributed by atoms with Crippen LogP contribution in [0.5, 0.6) is 0 Å². The van der Waals surface area contributed by atoms with E-state index in [9.17, 15) is 68.0 Å². The summed E-state index contributed by atoms with van der Waals surface area (Å²) >= 11 is 5.99. The standard InChI is InChI=1S/C41H50ClN6O14P/c1-23(49)44-29(16-18-34(50)51)37(55)47-33(22-25-8-12-27(13-9-25)41(59)63(60,61)62)40(58)48-32(20-24-6-4-3-5-7-24)39(57)45-30(17-19-35(52)53)38(56)46-31(36(54)43-2)21-26-10-14-28(42)15-11-26/h3-15,29-33,41,59H,16-22H2,1-2H3,(H,43,54)(H,44,49)(H,45,57)(H,46,56)(H,47,55)(H,48,58)(H,50,51)(H,52,53)(H2,60,61,62)/t29-,30-,31-,32-,33-,41?/m0/s1. The number of aliphatic hydroxyl groups excluding tert-OH is 1. The third kappa shape index (κ3) is 17.6. The lowest BCUT2D eigenvalue weighted by molar-refractivity contribution is -0.139. The van der Waals surface area contributed by atoms with Crippen molar-refractivity contribution in [1.29, 1.82) is 0 Å². The average Bonchev–Trinajstić information content (AvgIpc) is 3.23. The minimum atomic E-state index is -4.96. The number of carboxylic acids is 2. The number of carbonyl (C=O) groups excluding carboxylic acids is 6. The van der Waals surface area contributed by atoms with Crippen LogP contribution in [0.15, 0.2) is 78.9 Å². The van der Waals surface area contributed by atoms with E-state index in [2.05, 4.69) is 31.9 Å². The summed E-state index contributed by atoms with van der Waals surface area (Å²) in [4.78, 5) is 122. The lowest BCUT2D eigenvalue weighted by atomic mass is 10.0. The molecule has 0 spiro atoms. The Labute approximate surface area is 366 Å². The number of rotatable bonds is 24. The SMILES string of the molecule is CNC(=O)[C@H](Cc1ccc(Cl)cc1)NC(=O)[C@H](CCC(=O)O)NC(=O)[C@H](Cc1ccccc1)NC(=O)[C@H](Cc1ccc(C(O)P(=O)(O)O)cc1)NC(=O)[C@H](CCC(=O)O)NC(C)=O. The molecule has 0 bridgehead atoms. The third-order valence-corrected chi connectivity index (χ3v) is 10.6. The maximum atomic E-state index is 14.2. The van der Waals surface area contributed by atoms with Crippen molar-refractivity contribution in [3.05, 3.63) is 106 Å². The molecule has 3 aromatic carbocycles. The molecule has 11 N–H and O–H groups in total. The molecule has 6 amide bonds. The van der Waals surface area contributed by atoms with Gasteiger partial charge in [-0.3, -0.25) is 42.9 Å². The minimum absolute atomic E-state index is 0.00589. The summed E-state index contributed by atoms with van der Waals surface area (Å²) in [7, 11) is -3.61. The van der Waals surface area contributed by atoms with E-state index in [-0.39, 0.29) is 36.8 Å². The van der Waals surface area contributed by atoms with Crippen LogP contribution in [0.2, 0.25) is 5.02 Å². The van der Waals surface area contributed by atoms with Crippen LogP contribution in [0.3, 0.4) is 0 Å². The molecule has 1 unspecified atom stereocenters. The van der Waals surface area contributed by atoms with E-state index < -0.39 is 110 Å². The first-order valence-corrected chi connectivity index (χ1v) is 21.5. The Hall–Kier alpha value is -6.18. The smallest absolute Gasteiger partial charge is 0.358 e. The number of likely N-dealkylation sites (N-methyl/N-ethyl adjacent to an activating group) is 1. The first-order chi connectivity index (χ1) is 29.7. The Morgan fingerprint density at radius 1 is 0.556 bits per heavy atom. The Balaban J connectivity index is 1.99. The van der Waals surface area contributed by atoms with E-state index >= 15 is 0 Å². The van der Waals surface area contributed by atoms with Gasteiger partial charge in [-0.1, -0.05) is 78.3 Å². The molecule has 0 heterocycles. The van der Waals surface area contributed by atoms with Gasteiger partial charge in [-0.05, 0) is 47.2 Å². The Bertz CT molecular complexity index is 2140. The zero-order valence-corrected chi connectivity index (χ0v) is 35.8. The Morgan fingerprint density at radius 3 is 1.32 bits per heavy atom. The molecule has 22 heteroatoms. The van der Waals surface area contributed by atoms with Crippen LogP contribution in [0.1, 0.15) is 60.7 Å². The van der Waals surface area contributed by atoms with Crippen LogP contribution >= 0.6 is 19.2 Å². The lowest BCUT2D eigenvalue weighted by Gasteiger charge is -2.27. The molecule has 63 heavy (non-hydrogen) atoms. The van der Waals surface area contributed by atoms with Gasteiger partial charge in [-0.15, -0.1) is 0 Å². The number of benzene rings is 3. The van der Waals surface area contributed by atoms with Gasteiger partial charge in [-0.2, -0.15) is 0 Å². The molecule has 0 aliphatic carbocycles. The van der Waals surface area contributed by atoms with E-state index in [0.29, 0.717) is 16.1 Å². The average molecular weight is 917 g/mol. The summed E-state index contributed by atoms with van der Waals surface area (Å²) in [6, 6.07) is 12.5. The number of amides is 6. The lowest BCUT2D eigenvalue weighted by Crippen LogP contribution is -2.60. The van der Waals surface area contributed by atoms with Crippen molar-refractivity contribution < 1.29 is 68.0 Å². The molecular weight excluding hydrogens is 867 g/mol. The second-order valence-electron chi connectivity index (χ2n) is 14.4. The number of nitrogens with one attached hydrogen (secondary N) is 6. The summed E-state index contributed by atoms with van der Waals surface area (Å²) in [6.07, 6.45) is -2.51. The largest absolute Gasteiger partial charge is 0.481 e. The van der Waals surface area contributed by atoms with Crippen molar-refractivity contribution in [2.24, 2.45) is 0 Å². The first kappa shape index (κ1) is 51.2. The fourth-order valence-electron chi connectivity index (χ4n) is 6.17. The fourth-order valence-corrected chi connectivity index (χ4v) is 6.86. The predicted molar refractivity (Wildman–Crippen MR) is 226 cm³/mol. The highest BCUT2D eigenvalue weighted by atomic mass is 35.5. The zero-order valence-electron chi connectivity index (χ0n) is 34.2. The number of aliphatic carboxylic acids is 2. The molecule has 0 saturated heterocycles. The molecule has 0 radical (unpaired) electrons. The van der Waals surface area contributed by atoms with Crippen molar-refractivity contribution in [2.45, 2.75) is 87.9 Å². The predicted octanol–water partition coefficient (Wildman–Crippen LogP) is 0.456. The van der Waals surface area contributed by atoms with Gasteiger partial charge in [0, 0.05) is 51.1 Å². The summed E-state index contributed by atoms with van der Waals surface area (Å²) in [5, 5.41) is 44.1. The second-order valence-corrected chi connectivity index (χ2v) is 16.5. The van der Waals surface area contributed by atoms with Crippen LogP contribution in [0, 0.1) is 0 Å². The Kier molecular flexibility index (Phi) is 19.9. The van der Waals surface area contributed by atoms with E-state index in [1.54, 1.807) is 54.6 Å². The van der Waals surface area contributed by atoms with Crippen molar-refractivity contribution in [3.8, 4) is 0 Å². The number of hydrogen-bond donors (Lipinski definition) is 11. The maximum absolute atomic E-state index is 14.2. The van der Waals surface area contributed by atoms with Crippen LogP contribution in [-0.2, 0) is 62.2 Å². The molecular formula is C41H50ClN6O14P. The fraction of sp³-hybridized carbons (Fsp3) is 0.366. The summed E-state index contributed by atoms with van der Waals surface area (Å²) in [6.45, 7) is 1.09. The highest BCUT2D eigenvalue weighted by Gasteiger charge is 2.34. The van der Waals surface area contributed by atoms with Crippen LogP contribution in [-0.4, -0.2) is 110 Å². The van der Waals surface area contributed by atoms with Gasteiger partial charge in [-0.25, -0.2) is 0 Å². The Morgan fingerprint density at radius 2 is 0.921 bits per heavy atom. The third-order valence-electron chi connectivity index (χ3n) is 9.44. The molecule has 0 saturated carbocycles. The van der Waals surface area contributed by atoms with Gasteiger partial charge >= 0.3 is 19.5 Å². The molecule has 0 aliphatic rings. The maximum Gasteiger partial charge on any atom is 0.358 e. The number of aliphatic hydroxyl groups is 1. The molecule has 3 aromatic rings. The van der Waals surface area contributed by atoms with Gasteiger partial charge in [0.15, 0.2) is 5.85 Å². The topological polar surface area (TPSA) is 327 Å². The molecule has 340 valence electrons. The summed E-state index contributed by atoms with van der Waals surface area (Å²) in [5.41, 5.74) is 1.25. The molecule has 6 atom stereocenters. The van der Waals surface area contributed by atoms with Crippen LogP contribution in [0.25, 0.3) is 0 Å². The minimum Gasteiger partial charge on any atom is -0.481 e. The number of halogens is 1. The summed E-state index contributed by atoms with van der Waals surface area (Å²) < 4.78 is 11.6. The molecule has 0 aliphatic heterocycles. The van der Waals surface area contributed by atoms with Gasteiger partial charge in [0.2, 0.25) is 35.4 Å². The van der Waals surface area contributed by atoms with Gasteiger partial charge < -0.3 is 57.0 Å². The second kappa shape index (κ2) is 24.5. The number of carbonyl (C=O) groups is 8. The van der Waals surface area contributed by atoms with Crippen LogP contribution in [0.4, 0.5) is 0 Å². The van der Waals surface area contributed by atoms with Crippen molar-refractivity contribution >= 4 is 66.6 Å². The molecule has 0 aromatic heterocycles. The van der Waals surface area contributed by atoms with Gasteiger partial charge in [0.05, 0.1) is 0 Å². The highest BCUT2D eigenvalue weighted by molar-refractivity contribution is 7.51. The quantitative estimate of drug-likeness (QED) is 0.0544. The van der Waals surface area contributed by atoms with Gasteiger partial charge in [0.1, 0.15) is 30.2 Å². The first-order valence-electron chi connectivity index (χ1n) is 19.4. The van der Waals surface area contributed by atoms with E-state index in [4.69, 9.17) is 11.6 Å². The van der Waals surface area contributed by atoms with Gasteiger partial charge in [0.25, 0.3) is 0 Å². The van der Waals surface area contributed by atoms with Crippen molar-refractivity contribution in [3.63, 3.8) is 0 Å². The highest BCUT2D eigenvalue weighted by Crippen LogP contribution is 2.49. The van der Waals surface area contributed by atoms with E-state index in [1.807, 2.05) is 0 Å². The number of hydrogen-bond acceptors (Lipinski definition) is 10. The summed E-state index contributed by atoms with van der Waals surface area (Å²) in [5.74, 6) is -9.87. The molecule has 0 fully saturated rings. The van der Waals surface area contributed by atoms with E-state index in [1.165, 1.54) is 31.3 Å². The number of carboxylic acid groups (broad SMARTS) is 2. The molecule has 3 rings (SSSR count). The van der Waals surface area contributed by atoms with Crippen molar-refractivity contribution in [1.82, 2.24) is 31.9 Å². The van der Waals surface area contributed by atoms with E-state index in [0.717, 1.165) is 6.92 Å². The van der Waals surface area contributed by atoms with Crippen molar-refractivity contribution in [2.75, 3.05) is 7.05 Å². The van der Waals surface area contributed by atoms with Crippen LogP contribution < -0.4 is 31.9 Å². The monoisotopic (exact) mass is 916 g/mol. The normalized spacial score (nSPS) is 14.0. The molecule has 20 nitrogen and oxygen atoms in total. The zero-order chi connectivity index (χ0) is 46.9.